The van der Waals surface area contributed by atoms with Gasteiger partial charge in [-0.1, -0.05) is 6.07 Å². The molecule has 0 bridgehead atoms. The van der Waals surface area contributed by atoms with Crippen molar-refractivity contribution in [2.24, 2.45) is 12.0 Å². The average Bonchev–Trinajstić information content (AvgIpc) is 3.17. The smallest absolute Gasteiger partial charge is 0.246 e. The van der Waals surface area contributed by atoms with Gasteiger partial charge in [0, 0.05) is 39.9 Å². The Bertz CT molecular complexity index is 916. The Labute approximate surface area is 193 Å². The molecule has 1 amide bonds. The van der Waals surface area contributed by atoms with Gasteiger partial charge in [-0.25, -0.2) is 0 Å². The first-order chi connectivity index (χ1) is 14.1. The molecular formula is C20H27IN6O3. The van der Waals surface area contributed by atoms with Gasteiger partial charge in [-0.15, -0.1) is 24.0 Å². The summed E-state index contributed by atoms with van der Waals surface area (Å²) in [5.41, 5.74) is 1.99. The van der Waals surface area contributed by atoms with Crippen molar-refractivity contribution in [2.75, 3.05) is 51.3 Å². The number of carbonyl (C=O) groups is 1. The summed E-state index contributed by atoms with van der Waals surface area (Å²) < 4.78 is 12.9. The van der Waals surface area contributed by atoms with E-state index in [1.807, 2.05) is 36.3 Å². The van der Waals surface area contributed by atoms with Gasteiger partial charge < -0.3 is 24.6 Å². The Morgan fingerprint density at radius 2 is 2.03 bits per heavy atom. The highest BCUT2D eigenvalue weighted by atomic mass is 127. The highest BCUT2D eigenvalue weighted by molar-refractivity contribution is 14.0. The molecule has 30 heavy (non-hydrogen) atoms. The SMILES string of the molecule is CN=C(NCCc1ccc2c(c1)OCCO2)N1CCN(c2cnn(C)c2)C(=O)C1.I. The molecule has 0 radical (unpaired) electrons. The number of aromatic nitrogens is 2. The van der Waals surface area contributed by atoms with Crippen LogP contribution in [0.2, 0.25) is 0 Å². The number of rotatable bonds is 4. The number of anilines is 1. The number of nitrogens with one attached hydrogen (secondary N) is 1. The van der Waals surface area contributed by atoms with Gasteiger partial charge in [0.15, 0.2) is 17.5 Å². The molecule has 0 aliphatic carbocycles. The largest absolute Gasteiger partial charge is 0.486 e. The first-order valence-electron chi connectivity index (χ1n) is 9.77. The molecule has 2 aliphatic rings. The number of piperazine rings is 1. The molecule has 162 valence electrons. The number of guanidine groups is 1. The van der Waals surface area contributed by atoms with Gasteiger partial charge in [0.05, 0.1) is 11.9 Å². The summed E-state index contributed by atoms with van der Waals surface area (Å²) in [4.78, 5) is 20.7. The minimum atomic E-state index is 0. The second kappa shape index (κ2) is 10.0. The molecule has 1 aromatic heterocycles. The summed E-state index contributed by atoms with van der Waals surface area (Å²) in [6.07, 6.45) is 4.39. The fraction of sp³-hybridized carbons (Fsp3) is 0.450. The first kappa shape index (κ1) is 22.2. The van der Waals surface area contributed by atoms with Crippen LogP contribution < -0.4 is 19.7 Å². The predicted octanol–water partition coefficient (Wildman–Crippen LogP) is 1.28. The van der Waals surface area contributed by atoms with Gasteiger partial charge in [0.2, 0.25) is 5.91 Å². The molecule has 9 nitrogen and oxygen atoms in total. The molecule has 1 N–H and O–H groups in total. The summed E-state index contributed by atoms with van der Waals surface area (Å²) >= 11 is 0. The van der Waals surface area contributed by atoms with Crippen molar-refractivity contribution in [2.45, 2.75) is 6.42 Å². The number of nitrogens with zero attached hydrogens (tertiary/aromatic N) is 5. The van der Waals surface area contributed by atoms with Crippen molar-refractivity contribution in [3.63, 3.8) is 0 Å². The fourth-order valence-electron chi connectivity index (χ4n) is 3.57. The van der Waals surface area contributed by atoms with Crippen LogP contribution in [0.1, 0.15) is 5.56 Å². The number of hydrogen-bond donors (Lipinski definition) is 1. The predicted molar refractivity (Wildman–Crippen MR) is 125 cm³/mol. The van der Waals surface area contributed by atoms with E-state index in [9.17, 15) is 4.79 Å². The zero-order chi connectivity index (χ0) is 20.2. The van der Waals surface area contributed by atoms with Gasteiger partial charge in [0.25, 0.3) is 0 Å². The number of aliphatic imine (C=N–C) groups is 1. The van der Waals surface area contributed by atoms with E-state index in [1.165, 1.54) is 0 Å². The fourth-order valence-corrected chi connectivity index (χ4v) is 3.57. The summed E-state index contributed by atoms with van der Waals surface area (Å²) in [6, 6.07) is 6.03. The zero-order valence-corrected chi connectivity index (χ0v) is 19.5. The lowest BCUT2D eigenvalue weighted by Crippen LogP contribution is -2.55. The lowest BCUT2D eigenvalue weighted by Gasteiger charge is -2.35. The van der Waals surface area contributed by atoms with Crippen molar-refractivity contribution in [1.82, 2.24) is 20.0 Å². The molecule has 3 heterocycles. The molecule has 2 aromatic rings. The maximum Gasteiger partial charge on any atom is 0.246 e. The van der Waals surface area contributed by atoms with E-state index >= 15 is 0 Å². The second-order valence-corrected chi connectivity index (χ2v) is 7.04. The van der Waals surface area contributed by atoms with Crippen LogP contribution in [0.5, 0.6) is 11.5 Å². The maximum atomic E-state index is 12.6. The zero-order valence-electron chi connectivity index (χ0n) is 17.2. The molecule has 4 rings (SSSR count). The number of halogens is 1. The summed E-state index contributed by atoms with van der Waals surface area (Å²) in [6.45, 7) is 3.50. The molecular weight excluding hydrogens is 499 g/mol. The average molecular weight is 526 g/mol. The van der Waals surface area contributed by atoms with Crippen LogP contribution in [0.25, 0.3) is 0 Å². The first-order valence-corrected chi connectivity index (χ1v) is 9.77. The van der Waals surface area contributed by atoms with Crippen LogP contribution in [-0.2, 0) is 18.3 Å². The number of aryl methyl sites for hydroxylation is 1. The third-order valence-electron chi connectivity index (χ3n) is 5.04. The lowest BCUT2D eigenvalue weighted by molar-refractivity contribution is -0.120. The molecule has 1 aromatic carbocycles. The molecule has 2 aliphatic heterocycles. The van der Waals surface area contributed by atoms with Crippen molar-refractivity contribution >= 4 is 41.5 Å². The van der Waals surface area contributed by atoms with Crippen LogP contribution in [-0.4, -0.2) is 73.0 Å². The number of amides is 1. The Morgan fingerprint density at radius 3 is 2.73 bits per heavy atom. The van der Waals surface area contributed by atoms with Gasteiger partial charge in [-0.3, -0.25) is 14.5 Å². The van der Waals surface area contributed by atoms with E-state index in [0.717, 1.165) is 35.1 Å². The van der Waals surface area contributed by atoms with Gasteiger partial charge in [0.1, 0.15) is 19.8 Å². The highest BCUT2D eigenvalue weighted by Crippen LogP contribution is 2.30. The van der Waals surface area contributed by atoms with E-state index in [4.69, 9.17) is 9.47 Å². The Hall–Kier alpha value is -2.50. The van der Waals surface area contributed by atoms with E-state index in [1.54, 1.807) is 22.8 Å². The molecule has 0 spiro atoms. The monoisotopic (exact) mass is 526 g/mol. The Kier molecular flexibility index (Phi) is 7.40. The number of ether oxygens (including phenoxy) is 2. The third-order valence-corrected chi connectivity index (χ3v) is 5.04. The summed E-state index contributed by atoms with van der Waals surface area (Å²) in [7, 11) is 3.59. The van der Waals surface area contributed by atoms with E-state index in [2.05, 4.69) is 15.4 Å². The van der Waals surface area contributed by atoms with Crippen molar-refractivity contribution in [3.8, 4) is 11.5 Å². The van der Waals surface area contributed by atoms with Crippen molar-refractivity contribution in [3.05, 3.63) is 36.2 Å². The van der Waals surface area contributed by atoms with E-state index in [0.29, 0.717) is 39.4 Å². The molecule has 1 saturated heterocycles. The number of benzene rings is 1. The molecule has 1 fully saturated rings. The minimum absolute atomic E-state index is 0. The topological polar surface area (TPSA) is 84.2 Å². The lowest BCUT2D eigenvalue weighted by atomic mass is 10.1. The summed E-state index contributed by atoms with van der Waals surface area (Å²) in [5, 5.41) is 7.51. The van der Waals surface area contributed by atoms with Crippen LogP contribution in [0.15, 0.2) is 35.6 Å². The van der Waals surface area contributed by atoms with Crippen LogP contribution in [0.3, 0.4) is 0 Å². The van der Waals surface area contributed by atoms with Crippen LogP contribution in [0, 0.1) is 0 Å². The van der Waals surface area contributed by atoms with Gasteiger partial charge in [-0.2, -0.15) is 5.10 Å². The van der Waals surface area contributed by atoms with E-state index in [-0.39, 0.29) is 29.9 Å². The molecule has 0 saturated carbocycles. The van der Waals surface area contributed by atoms with Gasteiger partial charge in [-0.05, 0) is 24.1 Å². The highest BCUT2D eigenvalue weighted by Gasteiger charge is 2.27. The normalized spacial score (nSPS) is 16.3. The molecule has 0 atom stereocenters. The van der Waals surface area contributed by atoms with Crippen molar-refractivity contribution < 1.29 is 14.3 Å². The quantitative estimate of drug-likeness (QED) is 0.367. The second-order valence-electron chi connectivity index (χ2n) is 7.04. The number of carbonyl (C=O) groups excluding carboxylic acids is 1. The Balaban J connectivity index is 0.00000256. The van der Waals surface area contributed by atoms with Gasteiger partial charge >= 0.3 is 0 Å². The third kappa shape index (κ3) is 4.97. The van der Waals surface area contributed by atoms with Crippen LogP contribution >= 0.6 is 24.0 Å². The van der Waals surface area contributed by atoms with Crippen molar-refractivity contribution in [1.29, 1.82) is 0 Å². The van der Waals surface area contributed by atoms with Crippen LogP contribution in [0.4, 0.5) is 5.69 Å². The molecule has 0 unspecified atom stereocenters. The molecule has 10 heteroatoms. The number of hydrogen-bond acceptors (Lipinski definition) is 5. The standard InChI is InChI=1S/C20H26N6O3.HI/c1-21-20(22-6-5-15-3-4-17-18(11-15)29-10-9-28-17)25-7-8-26(19(27)14-25)16-12-23-24(2)13-16;/h3-4,11-13H,5-10,14H2,1-2H3,(H,21,22);1H. The minimum Gasteiger partial charge on any atom is -0.486 e. The maximum absolute atomic E-state index is 12.6. The number of fused-ring (bicyclic) bond motifs is 1. The Morgan fingerprint density at radius 1 is 1.23 bits per heavy atom. The van der Waals surface area contributed by atoms with E-state index < -0.39 is 0 Å². The summed E-state index contributed by atoms with van der Waals surface area (Å²) in [5.74, 6) is 2.38.